The summed E-state index contributed by atoms with van der Waals surface area (Å²) in [4.78, 5) is 10.4. The van der Waals surface area contributed by atoms with Crippen LogP contribution in [0.1, 0.15) is 51.7 Å². The Morgan fingerprint density at radius 3 is 2.22 bits per heavy atom. The van der Waals surface area contributed by atoms with E-state index in [0.717, 1.165) is 6.42 Å². The third-order valence-corrected chi connectivity index (χ3v) is 3.25. The lowest BCUT2D eigenvalue weighted by Crippen LogP contribution is -2.22. The molecule has 100 valence electrons. The molecule has 0 bridgehead atoms. The van der Waals surface area contributed by atoms with Crippen LogP contribution in [0.4, 0.5) is 0 Å². The minimum absolute atomic E-state index is 0.154. The van der Waals surface area contributed by atoms with E-state index in [1.807, 2.05) is 0 Å². The zero-order chi connectivity index (χ0) is 13.8. The second-order valence-corrected chi connectivity index (χ2v) is 6.17. The van der Waals surface area contributed by atoms with E-state index in [1.165, 1.54) is 11.1 Å². The minimum Gasteiger partial charge on any atom is -0.550 e. The second kappa shape index (κ2) is 6.03. The molecule has 1 aromatic rings. The number of hydrogen-bond acceptors (Lipinski definition) is 2. The van der Waals surface area contributed by atoms with Crippen molar-refractivity contribution < 1.29 is 9.90 Å². The van der Waals surface area contributed by atoms with Gasteiger partial charge >= 0.3 is 0 Å². The first-order chi connectivity index (χ1) is 8.29. The number of aliphatic carboxylic acids is 1. The fraction of sp³-hybridized carbons (Fsp3) is 0.562. The molecule has 0 aliphatic heterocycles. The number of carboxylic acids is 1. The Bertz CT molecular complexity index is 385. The molecule has 0 aromatic heterocycles. The van der Waals surface area contributed by atoms with E-state index in [-0.39, 0.29) is 11.8 Å². The Morgan fingerprint density at radius 2 is 1.78 bits per heavy atom. The quantitative estimate of drug-likeness (QED) is 0.802. The van der Waals surface area contributed by atoms with E-state index in [0.29, 0.717) is 12.3 Å². The second-order valence-electron chi connectivity index (χ2n) is 6.17. The predicted octanol–water partition coefficient (Wildman–Crippen LogP) is 2.69. The van der Waals surface area contributed by atoms with Crippen molar-refractivity contribution >= 4 is 5.97 Å². The smallest absolute Gasteiger partial charge is 0.0414 e. The molecule has 0 heterocycles. The predicted molar refractivity (Wildman–Crippen MR) is 72.3 cm³/mol. The van der Waals surface area contributed by atoms with Gasteiger partial charge in [0.15, 0.2) is 0 Å². The Hall–Kier alpha value is -1.31. The first-order valence-corrected chi connectivity index (χ1v) is 6.58. The summed E-state index contributed by atoms with van der Waals surface area (Å²) in [5.74, 6) is -0.576. The number of rotatable bonds is 5. The van der Waals surface area contributed by atoms with Gasteiger partial charge in [0.25, 0.3) is 0 Å². The van der Waals surface area contributed by atoms with Gasteiger partial charge < -0.3 is 9.90 Å². The van der Waals surface area contributed by atoms with Crippen LogP contribution in [-0.2, 0) is 16.6 Å². The SMILES string of the molecule is CC(CCC(=O)[O-])Cc1ccc(C(C)(C)C)cc1. The summed E-state index contributed by atoms with van der Waals surface area (Å²) in [7, 11) is 0. The Morgan fingerprint density at radius 1 is 1.22 bits per heavy atom. The van der Waals surface area contributed by atoms with E-state index in [4.69, 9.17) is 0 Å². The Balaban J connectivity index is 2.56. The van der Waals surface area contributed by atoms with Crippen molar-refractivity contribution in [2.75, 3.05) is 0 Å². The van der Waals surface area contributed by atoms with E-state index >= 15 is 0 Å². The number of benzene rings is 1. The standard InChI is InChI=1S/C16H24O2/c1-12(5-10-15(17)18)11-13-6-8-14(9-7-13)16(2,3)4/h6-9,12H,5,10-11H2,1-4H3,(H,17,18)/p-1. The normalized spacial score (nSPS) is 13.3. The van der Waals surface area contributed by atoms with Gasteiger partial charge in [-0.3, -0.25) is 0 Å². The summed E-state index contributed by atoms with van der Waals surface area (Å²) in [6.45, 7) is 8.68. The summed E-state index contributed by atoms with van der Waals surface area (Å²) < 4.78 is 0. The number of hydrogen-bond donors (Lipinski definition) is 0. The van der Waals surface area contributed by atoms with Crippen LogP contribution in [0.3, 0.4) is 0 Å². The van der Waals surface area contributed by atoms with Crippen molar-refractivity contribution in [1.82, 2.24) is 0 Å². The summed E-state index contributed by atoms with van der Waals surface area (Å²) in [6.07, 6.45) is 1.77. The maximum absolute atomic E-state index is 10.4. The van der Waals surface area contributed by atoms with Crippen LogP contribution in [0, 0.1) is 5.92 Å². The zero-order valence-electron chi connectivity index (χ0n) is 11.8. The highest BCUT2D eigenvalue weighted by Crippen LogP contribution is 2.23. The topological polar surface area (TPSA) is 40.1 Å². The lowest BCUT2D eigenvalue weighted by molar-refractivity contribution is -0.306. The highest BCUT2D eigenvalue weighted by molar-refractivity contribution is 5.64. The van der Waals surface area contributed by atoms with Gasteiger partial charge in [0, 0.05) is 5.97 Å². The summed E-state index contributed by atoms with van der Waals surface area (Å²) >= 11 is 0. The van der Waals surface area contributed by atoms with Crippen molar-refractivity contribution in [2.24, 2.45) is 5.92 Å². The van der Waals surface area contributed by atoms with Gasteiger partial charge in [-0.2, -0.15) is 0 Å². The van der Waals surface area contributed by atoms with Crippen LogP contribution in [0.2, 0.25) is 0 Å². The number of carboxylic acid groups (broad SMARTS) is 1. The van der Waals surface area contributed by atoms with Gasteiger partial charge in [0.05, 0.1) is 0 Å². The van der Waals surface area contributed by atoms with Crippen molar-refractivity contribution in [3.8, 4) is 0 Å². The molecule has 0 radical (unpaired) electrons. The van der Waals surface area contributed by atoms with Crippen LogP contribution in [0.15, 0.2) is 24.3 Å². The largest absolute Gasteiger partial charge is 0.550 e. The van der Waals surface area contributed by atoms with Crippen LogP contribution in [0.5, 0.6) is 0 Å². The molecular weight excluding hydrogens is 224 g/mol. The highest BCUT2D eigenvalue weighted by atomic mass is 16.4. The van der Waals surface area contributed by atoms with Gasteiger partial charge in [-0.05, 0) is 41.7 Å². The molecule has 0 saturated carbocycles. The lowest BCUT2D eigenvalue weighted by Gasteiger charge is -2.19. The first kappa shape index (κ1) is 14.7. The summed E-state index contributed by atoms with van der Waals surface area (Å²) in [6, 6.07) is 8.63. The molecule has 0 spiro atoms. The number of carbonyl (C=O) groups is 1. The van der Waals surface area contributed by atoms with Gasteiger partial charge in [0.1, 0.15) is 0 Å². The van der Waals surface area contributed by atoms with E-state index < -0.39 is 5.97 Å². The van der Waals surface area contributed by atoms with Gasteiger partial charge in [-0.25, -0.2) is 0 Å². The fourth-order valence-electron chi connectivity index (χ4n) is 2.01. The summed E-state index contributed by atoms with van der Waals surface area (Å²) in [5.41, 5.74) is 2.78. The molecule has 2 nitrogen and oxygen atoms in total. The lowest BCUT2D eigenvalue weighted by atomic mass is 9.86. The summed E-state index contributed by atoms with van der Waals surface area (Å²) in [5, 5.41) is 10.4. The molecule has 1 unspecified atom stereocenters. The van der Waals surface area contributed by atoms with Gasteiger partial charge in [0.2, 0.25) is 0 Å². The third-order valence-electron chi connectivity index (χ3n) is 3.25. The maximum Gasteiger partial charge on any atom is 0.0414 e. The van der Waals surface area contributed by atoms with Crippen molar-refractivity contribution in [3.63, 3.8) is 0 Å². The molecule has 2 heteroatoms. The fourth-order valence-corrected chi connectivity index (χ4v) is 2.01. The Kier molecular flexibility index (Phi) is 4.94. The molecule has 0 N–H and O–H groups in total. The number of carbonyl (C=O) groups excluding carboxylic acids is 1. The van der Waals surface area contributed by atoms with Crippen LogP contribution < -0.4 is 5.11 Å². The van der Waals surface area contributed by atoms with Crippen molar-refractivity contribution in [2.45, 2.75) is 52.4 Å². The van der Waals surface area contributed by atoms with Crippen molar-refractivity contribution in [1.29, 1.82) is 0 Å². The minimum atomic E-state index is -0.954. The van der Waals surface area contributed by atoms with Crippen LogP contribution in [-0.4, -0.2) is 5.97 Å². The average molecular weight is 247 g/mol. The molecule has 1 aromatic carbocycles. The first-order valence-electron chi connectivity index (χ1n) is 6.58. The molecule has 18 heavy (non-hydrogen) atoms. The molecular formula is C16H23O2-. The third kappa shape index (κ3) is 4.91. The Labute approximate surface area is 110 Å². The van der Waals surface area contributed by atoms with Crippen LogP contribution in [0.25, 0.3) is 0 Å². The maximum atomic E-state index is 10.4. The van der Waals surface area contributed by atoms with E-state index in [2.05, 4.69) is 52.0 Å². The molecule has 0 saturated heterocycles. The van der Waals surface area contributed by atoms with Crippen molar-refractivity contribution in [3.05, 3.63) is 35.4 Å². The van der Waals surface area contributed by atoms with Gasteiger partial charge in [-0.15, -0.1) is 0 Å². The molecule has 1 rings (SSSR count). The van der Waals surface area contributed by atoms with Gasteiger partial charge in [-0.1, -0.05) is 52.0 Å². The van der Waals surface area contributed by atoms with Crippen LogP contribution >= 0.6 is 0 Å². The molecule has 0 aliphatic carbocycles. The highest BCUT2D eigenvalue weighted by Gasteiger charge is 2.13. The molecule has 1 atom stereocenters. The molecule has 0 fully saturated rings. The monoisotopic (exact) mass is 247 g/mol. The molecule has 0 amide bonds. The van der Waals surface area contributed by atoms with E-state index in [9.17, 15) is 9.90 Å². The molecule has 0 aliphatic rings. The van der Waals surface area contributed by atoms with E-state index in [1.54, 1.807) is 0 Å². The average Bonchev–Trinajstić information content (AvgIpc) is 2.26. The zero-order valence-corrected chi connectivity index (χ0v) is 11.8.